The molecule has 1 fully saturated rings. The fraction of sp³-hybridized carbons (Fsp3) is 0.857. The van der Waals surface area contributed by atoms with Crippen molar-refractivity contribution in [2.45, 2.75) is 51.5 Å². The molecule has 4 heteroatoms. The van der Waals surface area contributed by atoms with Gasteiger partial charge in [-0.2, -0.15) is 17.0 Å². The second-order valence-electron chi connectivity index (χ2n) is 5.39. The van der Waals surface area contributed by atoms with E-state index in [0.29, 0.717) is 0 Å². The Kier molecular flexibility index (Phi) is 6.01. The van der Waals surface area contributed by atoms with Crippen molar-refractivity contribution in [3.05, 3.63) is 0 Å². The minimum Gasteiger partial charge on any atom is -0.338 e. The monoisotopic (exact) mass is 268 g/mol. The summed E-state index contributed by atoms with van der Waals surface area (Å²) in [7, 11) is 0. The molecule has 0 radical (unpaired) electrons. The van der Waals surface area contributed by atoms with E-state index in [1.807, 2.05) is 13.2 Å². The average molecular weight is 268 g/mol. The number of amides is 1. The van der Waals surface area contributed by atoms with Crippen LogP contribution in [0.15, 0.2) is 0 Å². The SMILES string of the molecule is CCC1CCC(C#N)(NC(=O)C(C)CSC)CC1. The first-order valence-corrected chi connectivity index (χ1v) is 8.18. The quantitative estimate of drug-likeness (QED) is 0.834. The zero-order chi connectivity index (χ0) is 13.6. The van der Waals surface area contributed by atoms with E-state index in [4.69, 9.17) is 0 Å². The first-order valence-electron chi connectivity index (χ1n) is 6.79. The van der Waals surface area contributed by atoms with Crippen molar-refractivity contribution in [2.24, 2.45) is 11.8 Å². The standard InChI is InChI=1S/C14H24N2OS/c1-4-12-5-7-14(10-15,8-6-12)16-13(17)11(2)9-18-3/h11-12H,4-9H2,1-3H3,(H,16,17). The van der Waals surface area contributed by atoms with E-state index >= 15 is 0 Å². The Bertz CT molecular complexity index is 316. The summed E-state index contributed by atoms with van der Waals surface area (Å²) in [6.07, 6.45) is 6.90. The maximum atomic E-state index is 12.0. The van der Waals surface area contributed by atoms with Gasteiger partial charge in [0.15, 0.2) is 0 Å². The maximum Gasteiger partial charge on any atom is 0.224 e. The highest BCUT2D eigenvalue weighted by Gasteiger charge is 2.37. The van der Waals surface area contributed by atoms with Gasteiger partial charge in [0.25, 0.3) is 0 Å². The van der Waals surface area contributed by atoms with Crippen LogP contribution in [0.4, 0.5) is 0 Å². The van der Waals surface area contributed by atoms with E-state index in [9.17, 15) is 10.1 Å². The molecule has 18 heavy (non-hydrogen) atoms. The first kappa shape index (κ1) is 15.4. The van der Waals surface area contributed by atoms with E-state index in [0.717, 1.165) is 37.4 Å². The number of rotatable bonds is 5. The summed E-state index contributed by atoms with van der Waals surface area (Å²) in [5.41, 5.74) is -0.602. The molecular formula is C14H24N2OS. The third-order valence-corrected chi connectivity index (χ3v) is 4.81. The molecule has 0 spiro atoms. The third-order valence-electron chi connectivity index (χ3n) is 3.98. The zero-order valence-electron chi connectivity index (χ0n) is 11.7. The predicted molar refractivity (Wildman–Crippen MR) is 76.3 cm³/mol. The van der Waals surface area contributed by atoms with Crippen LogP contribution in [0.25, 0.3) is 0 Å². The van der Waals surface area contributed by atoms with Gasteiger partial charge >= 0.3 is 0 Å². The van der Waals surface area contributed by atoms with Gasteiger partial charge in [0.05, 0.1) is 6.07 Å². The zero-order valence-corrected chi connectivity index (χ0v) is 12.5. The normalized spacial score (nSPS) is 29.3. The van der Waals surface area contributed by atoms with Gasteiger partial charge in [-0.1, -0.05) is 20.3 Å². The molecule has 0 aromatic rings. The Morgan fingerprint density at radius 2 is 2.17 bits per heavy atom. The molecule has 102 valence electrons. The second-order valence-corrected chi connectivity index (χ2v) is 6.30. The molecular weight excluding hydrogens is 244 g/mol. The Hall–Kier alpha value is -0.690. The molecule has 1 unspecified atom stereocenters. The molecule has 0 aromatic carbocycles. The molecule has 1 rings (SSSR count). The number of carbonyl (C=O) groups is 1. The lowest BCUT2D eigenvalue weighted by Gasteiger charge is -2.36. The highest BCUT2D eigenvalue weighted by atomic mass is 32.2. The number of hydrogen-bond donors (Lipinski definition) is 1. The van der Waals surface area contributed by atoms with Crippen molar-refractivity contribution < 1.29 is 4.79 Å². The Morgan fingerprint density at radius 3 is 2.61 bits per heavy atom. The molecule has 1 aliphatic rings. The number of thioether (sulfide) groups is 1. The average Bonchev–Trinajstić information content (AvgIpc) is 2.39. The van der Waals surface area contributed by atoms with Gasteiger partial charge in [-0.3, -0.25) is 4.79 Å². The third kappa shape index (κ3) is 3.91. The van der Waals surface area contributed by atoms with Crippen LogP contribution in [0.2, 0.25) is 0 Å². The minimum absolute atomic E-state index is 0.0193. The van der Waals surface area contributed by atoms with Gasteiger partial charge in [-0.05, 0) is 37.9 Å². The van der Waals surface area contributed by atoms with E-state index in [1.165, 1.54) is 6.42 Å². The van der Waals surface area contributed by atoms with Crippen molar-refractivity contribution in [3.8, 4) is 6.07 Å². The van der Waals surface area contributed by atoms with Crippen molar-refractivity contribution in [1.29, 1.82) is 5.26 Å². The summed E-state index contributed by atoms with van der Waals surface area (Å²) >= 11 is 1.67. The maximum absolute atomic E-state index is 12.0. The molecule has 0 saturated heterocycles. The van der Waals surface area contributed by atoms with Gasteiger partial charge in [0, 0.05) is 11.7 Å². The summed E-state index contributed by atoms with van der Waals surface area (Å²) in [6, 6.07) is 2.35. The van der Waals surface area contributed by atoms with E-state index < -0.39 is 5.54 Å². The number of hydrogen-bond acceptors (Lipinski definition) is 3. The number of nitrogens with zero attached hydrogens (tertiary/aromatic N) is 1. The van der Waals surface area contributed by atoms with Crippen molar-refractivity contribution >= 4 is 17.7 Å². The van der Waals surface area contributed by atoms with Crippen LogP contribution in [0.1, 0.15) is 46.0 Å². The largest absolute Gasteiger partial charge is 0.338 e. The molecule has 0 aliphatic heterocycles. The molecule has 1 saturated carbocycles. The van der Waals surface area contributed by atoms with E-state index in [1.54, 1.807) is 11.8 Å². The molecule has 1 aliphatic carbocycles. The number of carbonyl (C=O) groups excluding carboxylic acids is 1. The van der Waals surface area contributed by atoms with Crippen LogP contribution >= 0.6 is 11.8 Å². The van der Waals surface area contributed by atoms with Gasteiger partial charge in [-0.15, -0.1) is 0 Å². The summed E-state index contributed by atoms with van der Waals surface area (Å²) in [6.45, 7) is 4.12. The summed E-state index contributed by atoms with van der Waals surface area (Å²) < 4.78 is 0. The Morgan fingerprint density at radius 1 is 1.56 bits per heavy atom. The van der Waals surface area contributed by atoms with Gasteiger partial charge in [0.1, 0.15) is 5.54 Å². The highest BCUT2D eigenvalue weighted by molar-refractivity contribution is 7.98. The molecule has 1 amide bonds. The van der Waals surface area contributed by atoms with Crippen LogP contribution in [0.5, 0.6) is 0 Å². The summed E-state index contributed by atoms with van der Waals surface area (Å²) in [5.74, 6) is 1.55. The molecule has 3 nitrogen and oxygen atoms in total. The van der Waals surface area contributed by atoms with Gasteiger partial charge < -0.3 is 5.32 Å². The lowest BCUT2D eigenvalue weighted by Crippen LogP contribution is -2.51. The van der Waals surface area contributed by atoms with E-state index in [-0.39, 0.29) is 11.8 Å². The molecule has 0 bridgehead atoms. The predicted octanol–water partition coefficient (Wildman–Crippen LogP) is 2.96. The fourth-order valence-electron chi connectivity index (χ4n) is 2.53. The fourth-order valence-corrected chi connectivity index (χ4v) is 3.18. The lowest BCUT2D eigenvalue weighted by atomic mass is 9.76. The summed E-state index contributed by atoms with van der Waals surface area (Å²) in [5, 5.41) is 12.4. The van der Waals surface area contributed by atoms with Gasteiger partial charge in [0.2, 0.25) is 5.91 Å². The van der Waals surface area contributed by atoms with Crippen molar-refractivity contribution in [2.75, 3.05) is 12.0 Å². The van der Waals surface area contributed by atoms with Crippen LogP contribution < -0.4 is 5.32 Å². The summed E-state index contributed by atoms with van der Waals surface area (Å²) in [4.78, 5) is 12.0. The van der Waals surface area contributed by atoms with Crippen LogP contribution in [-0.4, -0.2) is 23.5 Å². The van der Waals surface area contributed by atoms with Crippen molar-refractivity contribution in [1.82, 2.24) is 5.32 Å². The topological polar surface area (TPSA) is 52.9 Å². The molecule has 1 N–H and O–H groups in total. The minimum atomic E-state index is -0.602. The smallest absolute Gasteiger partial charge is 0.224 e. The number of nitriles is 1. The number of nitrogens with one attached hydrogen (secondary N) is 1. The van der Waals surface area contributed by atoms with Gasteiger partial charge in [-0.25, -0.2) is 0 Å². The first-order chi connectivity index (χ1) is 8.56. The highest BCUT2D eigenvalue weighted by Crippen LogP contribution is 2.33. The lowest BCUT2D eigenvalue weighted by molar-refractivity contribution is -0.125. The Labute approximate surface area is 115 Å². The van der Waals surface area contributed by atoms with Crippen molar-refractivity contribution in [3.63, 3.8) is 0 Å². The Balaban J connectivity index is 2.57. The van der Waals surface area contributed by atoms with Crippen LogP contribution in [-0.2, 0) is 4.79 Å². The molecule has 0 aromatic heterocycles. The molecule has 1 atom stereocenters. The second kappa shape index (κ2) is 7.04. The molecule has 0 heterocycles. The van der Waals surface area contributed by atoms with Crippen LogP contribution in [0.3, 0.4) is 0 Å². The van der Waals surface area contributed by atoms with E-state index in [2.05, 4.69) is 18.3 Å². The van der Waals surface area contributed by atoms with Crippen LogP contribution in [0, 0.1) is 23.2 Å².